The van der Waals surface area contributed by atoms with Gasteiger partial charge in [-0.3, -0.25) is 4.68 Å². The van der Waals surface area contributed by atoms with Crippen LogP contribution in [0.1, 0.15) is 62.7 Å². The maximum absolute atomic E-state index is 11.3. The second-order valence-electron chi connectivity index (χ2n) is 5.25. The number of nitrogens with one attached hydrogen (secondary N) is 2. The topological polar surface area (TPSA) is 79.2 Å². The van der Waals surface area contributed by atoms with Crippen LogP contribution in [0.5, 0.6) is 0 Å². The van der Waals surface area contributed by atoms with Crippen LogP contribution in [-0.4, -0.2) is 32.5 Å². The second kappa shape index (κ2) is 10.2. The van der Waals surface area contributed by atoms with Crippen LogP contribution < -0.4 is 10.6 Å². The molecule has 124 valence electrons. The molecule has 1 aromatic heterocycles. The molecule has 0 unspecified atom stereocenters. The highest BCUT2D eigenvalue weighted by Crippen LogP contribution is 2.13. The van der Waals surface area contributed by atoms with E-state index in [1.807, 2.05) is 0 Å². The van der Waals surface area contributed by atoms with Crippen LogP contribution in [0.3, 0.4) is 0 Å². The summed E-state index contributed by atoms with van der Waals surface area (Å²) in [6.45, 7) is 5.74. The fourth-order valence-corrected chi connectivity index (χ4v) is 2.21. The number of nitrogens with zero attached hydrogens (tertiary/aromatic N) is 2. The zero-order valence-electron chi connectivity index (χ0n) is 13.4. The molecule has 22 heavy (non-hydrogen) atoms. The molecule has 0 saturated carbocycles. The molecule has 0 saturated heterocycles. The first-order valence-electron chi connectivity index (χ1n) is 7.94. The van der Waals surface area contributed by atoms with E-state index in [4.69, 9.17) is 12.2 Å². The van der Waals surface area contributed by atoms with Crippen molar-refractivity contribution in [2.75, 3.05) is 11.9 Å². The van der Waals surface area contributed by atoms with Gasteiger partial charge in [0, 0.05) is 19.3 Å². The van der Waals surface area contributed by atoms with Crippen molar-refractivity contribution in [3.63, 3.8) is 0 Å². The number of anilines is 1. The molecule has 0 aromatic carbocycles. The lowest BCUT2D eigenvalue weighted by Crippen LogP contribution is -2.30. The molecular weight excluding hydrogens is 300 g/mol. The van der Waals surface area contributed by atoms with E-state index in [0.717, 1.165) is 32.2 Å². The van der Waals surface area contributed by atoms with Gasteiger partial charge < -0.3 is 15.7 Å². The Kier molecular flexibility index (Phi) is 8.50. The average molecular weight is 326 g/mol. The predicted octanol–water partition coefficient (Wildman–Crippen LogP) is 3.25. The summed E-state index contributed by atoms with van der Waals surface area (Å²) in [7, 11) is 0. The van der Waals surface area contributed by atoms with E-state index in [-0.39, 0.29) is 5.56 Å². The highest BCUT2D eigenvalue weighted by atomic mass is 32.1. The molecule has 0 spiro atoms. The van der Waals surface area contributed by atoms with Crippen molar-refractivity contribution in [3.8, 4) is 0 Å². The molecular formula is C15H26N4O2S. The Hall–Kier alpha value is -1.63. The van der Waals surface area contributed by atoms with E-state index in [2.05, 4.69) is 29.6 Å². The number of carbonyl (C=O) groups is 1. The van der Waals surface area contributed by atoms with Crippen molar-refractivity contribution in [3.05, 3.63) is 11.8 Å². The Morgan fingerprint density at radius 3 is 2.64 bits per heavy atom. The van der Waals surface area contributed by atoms with Gasteiger partial charge >= 0.3 is 5.97 Å². The van der Waals surface area contributed by atoms with E-state index in [9.17, 15) is 9.90 Å². The fraction of sp³-hybridized carbons (Fsp3) is 0.667. The molecule has 0 atom stereocenters. The molecule has 3 N–H and O–H groups in total. The van der Waals surface area contributed by atoms with Crippen molar-refractivity contribution < 1.29 is 9.90 Å². The van der Waals surface area contributed by atoms with Crippen LogP contribution in [0.2, 0.25) is 0 Å². The maximum atomic E-state index is 11.3. The number of aromatic nitrogens is 2. The predicted molar refractivity (Wildman–Crippen MR) is 92.5 cm³/mol. The molecule has 0 aliphatic carbocycles. The quantitative estimate of drug-likeness (QED) is 0.452. The van der Waals surface area contributed by atoms with Crippen LogP contribution >= 0.6 is 12.2 Å². The molecule has 0 aliphatic rings. The minimum Gasteiger partial charge on any atom is -0.477 e. The van der Waals surface area contributed by atoms with Crippen molar-refractivity contribution in [2.24, 2.45) is 0 Å². The van der Waals surface area contributed by atoms with Crippen LogP contribution in [0.4, 0.5) is 5.82 Å². The Balaban J connectivity index is 2.53. The maximum Gasteiger partial charge on any atom is 0.341 e. The van der Waals surface area contributed by atoms with Gasteiger partial charge in [0.05, 0.1) is 0 Å². The second-order valence-corrected chi connectivity index (χ2v) is 5.66. The highest BCUT2D eigenvalue weighted by molar-refractivity contribution is 7.80. The lowest BCUT2D eigenvalue weighted by atomic mass is 10.2. The van der Waals surface area contributed by atoms with Crippen molar-refractivity contribution >= 4 is 29.1 Å². The van der Waals surface area contributed by atoms with E-state index in [1.54, 1.807) is 10.9 Å². The smallest absolute Gasteiger partial charge is 0.341 e. The molecule has 0 amide bonds. The molecule has 0 radical (unpaired) electrons. The van der Waals surface area contributed by atoms with Crippen LogP contribution in [0.15, 0.2) is 6.20 Å². The zero-order chi connectivity index (χ0) is 16.4. The number of hydrogen-bond donors (Lipinski definition) is 3. The lowest BCUT2D eigenvalue weighted by molar-refractivity contribution is 0.0698. The van der Waals surface area contributed by atoms with Crippen LogP contribution in [-0.2, 0) is 6.54 Å². The van der Waals surface area contributed by atoms with E-state index in [0.29, 0.717) is 17.5 Å². The molecule has 0 fully saturated rings. The summed E-state index contributed by atoms with van der Waals surface area (Å²) in [5, 5.41) is 19.9. The number of carboxylic acids is 1. The van der Waals surface area contributed by atoms with Gasteiger partial charge in [-0.15, -0.1) is 0 Å². The third-order valence-electron chi connectivity index (χ3n) is 3.28. The van der Waals surface area contributed by atoms with Gasteiger partial charge in [0.1, 0.15) is 5.56 Å². The number of unbranched alkanes of at least 4 members (excludes halogenated alkanes) is 4. The average Bonchev–Trinajstić information content (AvgIpc) is 2.88. The van der Waals surface area contributed by atoms with Gasteiger partial charge in [-0.25, -0.2) is 4.79 Å². The summed E-state index contributed by atoms with van der Waals surface area (Å²) in [6, 6.07) is 0. The lowest BCUT2D eigenvalue weighted by Gasteiger charge is -2.09. The molecule has 1 heterocycles. The van der Waals surface area contributed by atoms with E-state index >= 15 is 0 Å². The summed E-state index contributed by atoms with van der Waals surface area (Å²) in [4.78, 5) is 11.3. The summed E-state index contributed by atoms with van der Waals surface area (Å²) in [6.07, 6.45) is 8.16. The van der Waals surface area contributed by atoms with Gasteiger partial charge in [0.2, 0.25) is 0 Å². The summed E-state index contributed by atoms with van der Waals surface area (Å²) in [5.41, 5.74) is 0.145. The molecule has 7 heteroatoms. The monoisotopic (exact) mass is 326 g/mol. The SMILES string of the molecule is CCCCCCNC(=S)Nc1nn(CCCC)cc1C(=O)O. The molecule has 0 bridgehead atoms. The number of aromatic carboxylic acids is 1. The molecule has 0 aliphatic heterocycles. The molecule has 1 aromatic rings. The minimum atomic E-state index is -1.00. The Bertz CT molecular complexity index is 488. The highest BCUT2D eigenvalue weighted by Gasteiger charge is 2.16. The third-order valence-corrected chi connectivity index (χ3v) is 3.53. The van der Waals surface area contributed by atoms with Crippen LogP contribution in [0, 0.1) is 0 Å². The molecule has 1 rings (SSSR count). The fourth-order valence-electron chi connectivity index (χ4n) is 2.01. The number of aryl methyl sites for hydroxylation is 1. The first-order valence-corrected chi connectivity index (χ1v) is 8.34. The number of hydrogen-bond acceptors (Lipinski definition) is 3. The Morgan fingerprint density at radius 2 is 2.00 bits per heavy atom. The summed E-state index contributed by atoms with van der Waals surface area (Å²) in [5.74, 6) is -0.703. The number of carboxylic acid groups (broad SMARTS) is 1. The van der Waals surface area contributed by atoms with Gasteiger partial charge in [-0.05, 0) is 25.1 Å². The van der Waals surface area contributed by atoms with Gasteiger partial charge in [0.15, 0.2) is 10.9 Å². The Morgan fingerprint density at radius 1 is 1.27 bits per heavy atom. The first kappa shape index (κ1) is 18.4. The first-order chi connectivity index (χ1) is 10.6. The molecule has 6 nitrogen and oxygen atoms in total. The normalized spacial score (nSPS) is 10.5. The van der Waals surface area contributed by atoms with Gasteiger partial charge in [-0.1, -0.05) is 39.5 Å². The third kappa shape index (κ3) is 6.43. The van der Waals surface area contributed by atoms with Gasteiger partial charge in [-0.2, -0.15) is 5.10 Å². The van der Waals surface area contributed by atoms with Crippen LogP contribution in [0.25, 0.3) is 0 Å². The minimum absolute atomic E-state index is 0.145. The summed E-state index contributed by atoms with van der Waals surface area (Å²) < 4.78 is 1.65. The number of thiocarbonyl (C=S) groups is 1. The van der Waals surface area contributed by atoms with Crippen molar-refractivity contribution in [1.82, 2.24) is 15.1 Å². The largest absolute Gasteiger partial charge is 0.477 e. The number of rotatable bonds is 10. The van der Waals surface area contributed by atoms with Crippen molar-refractivity contribution in [1.29, 1.82) is 0 Å². The van der Waals surface area contributed by atoms with E-state index < -0.39 is 5.97 Å². The standard InChI is InChI=1S/C15H26N4O2S/c1-3-5-7-8-9-16-15(22)17-13-12(14(20)21)11-19(18-13)10-6-4-2/h11H,3-10H2,1-2H3,(H,20,21)(H2,16,17,18,22). The van der Waals surface area contributed by atoms with E-state index in [1.165, 1.54) is 12.8 Å². The zero-order valence-corrected chi connectivity index (χ0v) is 14.2. The van der Waals surface area contributed by atoms with Crippen molar-refractivity contribution in [2.45, 2.75) is 58.9 Å². The van der Waals surface area contributed by atoms with Gasteiger partial charge in [0.25, 0.3) is 0 Å². The summed E-state index contributed by atoms with van der Waals surface area (Å²) >= 11 is 5.19. The Labute approximate surface area is 137 Å².